The van der Waals surface area contributed by atoms with Crippen LogP contribution in [0.2, 0.25) is 0 Å². The van der Waals surface area contributed by atoms with Gasteiger partial charge in [0.25, 0.3) is 0 Å². The van der Waals surface area contributed by atoms with Crippen molar-refractivity contribution in [1.82, 2.24) is 20.1 Å². The standard InChI is InChI=1S/C16H26N4S/c1-13(2)11-20-16(18-12-19-20)10-14(17-3)6-4-7-15-8-5-9-21-15/h5,8-9,12-14,17H,4,6-7,10-11H2,1-3H3. The van der Waals surface area contributed by atoms with Crippen molar-refractivity contribution in [3.63, 3.8) is 0 Å². The van der Waals surface area contributed by atoms with E-state index in [1.807, 2.05) is 23.1 Å². The van der Waals surface area contributed by atoms with Crippen molar-refractivity contribution in [2.24, 2.45) is 5.92 Å². The van der Waals surface area contributed by atoms with Crippen LogP contribution in [0.5, 0.6) is 0 Å². The summed E-state index contributed by atoms with van der Waals surface area (Å²) in [6, 6.07) is 4.82. The van der Waals surface area contributed by atoms with Crippen LogP contribution in [0.1, 0.15) is 37.4 Å². The minimum Gasteiger partial charge on any atom is -0.317 e. The molecule has 0 amide bonds. The van der Waals surface area contributed by atoms with Gasteiger partial charge in [0.15, 0.2) is 0 Å². The van der Waals surface area contributed by atoms with Crippen LogP contribution in [0.3, 0.4) is 0 Å². The molecule has 21 heavy (non-hydrogen) atoms. The summed E-state index contributed by atoms with van der Waals surface area (Å²) in [5.41, 5.74) is 0. The zero-order valence-corrected chi connectivity index (χ0v) is 14.1. The third-order valence-corrected chi connectivity index (χ3v) is 4.56. The van der Waals surface area contributed by atoms with Gasteiger partial charge >= 0.3 is 0 Å². The van der Waals surface area contributed by atoms with E-state index < -0.39 is 0 Å². The first-order valence-electron chi connectivity index (χ1n) is 7.75. The molecule has 0 saturated carbocycles. The quantitative estimate of drug-likeness (QED) is 0.774. The molecule has 0 fully saturated rings. The Kier molecular flexibility index (Phi) is 6.39. The van der Waals surface area contributed by atoms with Crippen molar-refractivity contribution < 1.29 is 0 Å². The lowest BCUT2D eigenvalue weighted by Crippen LogP contribution is -2.29. The molecule has 0 aliphatic rings. The molecule has 0 aliphatic heterocycles. The van der Waals surface area contributed by atoms with Crippen LogP contribution in [0, 0.1) is 5.92 Å². The Morgan fingerprint density at radius 1 is 1.38 bits per heavy atom. The molecule has 0 bridgehead atoms. The van der Waals surface area contributed by atoms with E-state index in [0.29, 0.717) is 12.0 Å². The van der Waals surface area contributed by atoms with Crippen molar-refractivity contribution >= 4 is 11.3 Å². The first-order valence-corrected chi connectivity index (χ1v) is 8.63. The molecule has 1 unspecified atom stereocenters. The van der Waals surface area contributed by atoms with Gasteiger partial charge in [-0.25, -0.2) is 9.67 Å². The summed E-state index contributed by atoms with van der Waals surface area (Å²) in [5.74, 6) is 1.69. The lowest BCUT2D eigenvalue weighted by molar-refractivity contribution is 0.436. The highest BCUT2D eigenvalue weighted by atomic mass is 32.1. The molecule has 0 radical (unpaired) electrons. The van der Waals surface area contributed by atoms with Crippen molar-refractivity contribution in [3.05, 3.63) is 34.5 Å². The topological polar surface area (TPSA) is 42.7 Å². The number of aromatic nitrogens is 3. The van der Waals surface area contributed by atoms with Crippen LogP contribution in [-0.4, -0.2) is 27.9 Å². The summed E-state index contributed by atoms with van der Waals surface area (Å²) in [6.45, 7) is 5.37. The molecule has 1 atom stereocenters. The van der Waals surface area contributed by atoms with Gasteiger partial charge in [-0.15, -0.1) is 11.3 Å². The number of thiophene rings is 1. The number of likely N-dealkylation sites (N-methyl/N-ethyl adjacent to an activating group) is 1. The number of hydrogen-bond donors (Lipinski definition) is 1. The second kappa shape index (κ2) is 8.29. The van der Waals surface area contributed by atoms with E-state index in [2.05, 4.69) is 46.8 Å². The number of nitrogens with one attached hydrogen (secondary N) is 1. The van der Waals surface area contributed by atoms with E-state index >= 15 is 0 Å². The fourth-order valence-electron chi connectivity index (χ4n) is 2.49. The largest absolute Gasteiger partial charge is 0.317 e. The van der Waals surface area contributed by atoms with Crippen LogP contribution < -0.4 is 5.32 Å². The van der Waals surface area contributed by atoms with Crippen LogP contribution in [0.15, 0.2) is 23.8 Å². The van der Waals surface area contributed by atoms with Gasteiger partial charge in [-0.3, -0.25) is 0 Å². The number of nitrogens with zero attached hydrogens (tertiary/aromatic N) is 3. The van der Waals surface area contributed by atoms with Crippen LogP contribution >= 0.6 is 11.3 Å². The average Bonchev–Trinajstić information content (AvgIpc) is 3.09. The highest BCUT2D eigenvalue weighted by Gasteiger charge is 2.13. The van der Waals surface area contributed by atoms with Gasteiger partial charge in [0.1, 0.15) is 12.2 Å². The van der Waals surface area contributed by atoms with Gasteiger partial charge < -0.3 is 5.32 Å². The first kappa shape index (κ1) is 16.2. The van der Waals surface area contributed by atoms with Gasteiger partial charge in [-0.2, -0.15) is 5.10 Å². The van der Waals surface area contributed by atoms with Crippen molar-refractivity contribution in [2.45, 2.75) is 52.1 Å². The van der Waals surface area contributed by atoms with E-state index in [1.54, 1.807) is 6.33 Å². The lowest BCUT2D eigenvalue weighted by atomic mass is 10.1. The summed E-state index contributed by atoms with van der Waals surface area (Å²) < 4.78 is 2.05. The highest BCUT2D eigenvalue weighted by molar-refractivity contribution is 7.09. The first-order chi connectivity index (χ1) is 10.2. The Hall–Kier alpha value is -1.20. The molecule has 0 saturated heterocycles. The van der Waals surface area contributed by atoms with Crippen LogP contribution in [0.4, 0.5) is 0 Å². The molecular weight excluding hydrogens is 280 g/mol. The summed E-state index contributed by atoms with van der Waals surface area (Å²) >= 11 is 1.85. The zero-order valence-electron chi connectivity index (χ0n) is 13.2. The van der Waals surface area contributed by atoms with Gasteiger partial charge in [0, 0.05) is 23.9 Å². The maximum absolute atomic E-state index is 4.43. The van der Waals surface area contributed by atoms with E-state index in [1.165, 1.54) is 24.1 Å². The van der Waals surface area contributed by atoms with Gasteiger partial charge in [0.05, 0.1) is 0 Å². The molecule has 0 spiro atoms. The molecule has 1 N–H and O–H groups in total. The normalized spacial score (nSPS) is 13.0. The lowest BCUT2D eigenvalue weighted by Gasteiger charge is -2.16. The third kappa shape index (κ3) is 5.25. The van der Waals surface area contributed by atoms with E-state index in [9.17, 15) is 0 Å². The zero-order chi connectivity index (χ0) is 15.1. The maximum atomic E-state index is 4.43. The molecule has 0 aliphatic carbocycles. The SMILES string of the molecule is CNC(CCCc1cccs1)Cc1ncnn1CC(C)C. The van der Waals surface area contributed by atoms with E-state index in [-0.39, 0.29) is 0 Å². The Morgan fingerprint density at radius 2 is 2.24 bits per heavy atom. The molecule has 4 nitrogen and oxygen atoms in total. The Balaban J connectivity index is 1.82. The molecule has 2 rings (SSSR count). The Bertz CT molecular complexity index is 504. The summed E-state index contributed by atoms with van der Waals surface area (Å²) in [6.07, 6.45) is 6.19. The molecule has 2 aromatic rings. The number of rotatable bonds is 9. The number of hydrogen-bond acceptors (Lipinski definition) is 4. The second-order valence-corrected chi connectivity index (χ2v) is 6.95. The van der Waals surface area contributed by atoms with Crippen molar-refractivity contribution in [3.8, 4) is 0 Å². The predicted molar refractivity (Wildman–Crippen MR) is 88.7 cm³/mol. The molecule has 2 heterocycles. The van der Waals surface area contributed by atoms with Gasteiger partial charge in [-0.1, -0.05) is 19.9 Å². The van der Waals surface area contributed by atoms with E-state index in [0.717, 1.165) is 18.8 Å². The molecule has 116 valence electrons. The van der Waals surface area contributed by atoms with Crippen LogP contribution in [-0.2, 0) is 19.4 Å². The predicted octanol–water partition coefficient (Wildman–Crippen LogP) is 3.15. The summed E-state index contributed by atoms with van der Waals surface area (Å²) in [5, 5.41) is 9.92. The van der Waals surface area contributed by atoms with E-state index in [4.69, 9.17) is 0 Å². The molecule has 0 aromatic carbocycles. The molecule has 5 heteroatoms. The fraction of sp³-hybridized carbons (Fsp3) is 0.625. The maximum Gasteiger partial charge on any atom is 0.138 e. The van der Waals surface area contributed by atoms with Crippen LogP contribution in [0.25, 0.3) is 0 Å². The summed E-state index contributed by atoms with van der Waals surface area (Å²) in [4.78, 5) is 5.91. The minimum atomic E-state index is 0.472. The monoisotopic (exact) mass is 306 g/mol. The smallest absolute Gasteiger partial charge is 0.138 e. The number of aryl methyl sites for hydroxylation is 1. The summed E-state index contributed by atoms with van der Waals surface area (Å²) in [7, 11) is 2.04. The average molecular weight is 306 g/mol. The molecule has 2 aromatic heterocycles. The van der Waals surface area contributed by atoms with Crippen molar-refractivity contribution in [2.75, 3.05) is 7.05 Å². The second-order valence-electron chi connectivity index (χ2n) is 5.91. The van der Waals surface area contributed by atoms with Gasteiger partial charge in [-0.05, 0) is 43.7 Å². The highest BCUT2D eigenvalue weighted by Crippen LogP contribution is 2.14. The third-order valence-electron chi connectivity index (χ3n) is 3.63. The molecular formula is C16H26N4S. The minimum absolute atomic E-state index is 0.472. The van der Waals surface area contributed by atoms with Crippen molar-refractivity contribution in [1.29, 1.82) is 0 Å². The van der Waals surface area contributed by atoms with Gasteiger partial charge in [0.2, 0.25) is 0 Å². The Labute approximate surface area is 131 Å². The Morgan fingerprint density at radius 3 is 2.90 bits per heavy atom. The fourth-order valence-corrected chi connectivity index (χ4v) is 3.24.